The molecule has 0 aliphatic rings. The van der Waals surface area contributed by atoms with Crippen LogP contribution in [0.15, 0.2) is 34.1 Å². The number of thiophene rings is 1. The maximum absolute atomic E-state index is 12.7. The number of hydrogen-bond acceptors (Lipinski definition) is 5. The fourth-order valence-electron chi connectivity index (χ4n) is 1.96. The summed E-state index contributed by atoms with van der Waals surface area (Å²) in [5.41, 5.74) is 0. The van der Waals surface area contributed by atoms with Crippen LogP contribution in [-0.4, -0.2) is 35.7 Å². The fourth-order valence-corrected chi connectivity index (χ4v) is 5.22. The van der Waals surface area contributed by atoms with Crippen LogP contribution in [0, 0.1) is 0 Å². The molecule has 0 amide bonds. The van der Waals surface area contributed by atoms with Crippen molar-refractivity contribution >= 4 is 49.3 Å². The van der Waals surface area contributed by atoms with E-state index in [0.29, 0.717) is 17.9 Å². The summed E-state index contributed by atoms with van der Waals surface area (Å²) in [7, 11) is -2.10. The van der Waals surface area contributed by atoms with E-state index in [-0.39, 0.29) is 10.2 Å². The van der Waals surface area contributed by atoms with Gasteiger partial charge in [0.05, 0.1) is 0 Å². The van der Waals surface area contributed by atoms with E-state index in [1.807, 2.05) is 17.5 Å². The molecule has 0 aliphatic heterocycles. The Balaban J connectivity index is 1.88. The number of sulfonamides is 1. The molecule has 0 unspecified atom stereocenters. The standard InChI is InChI=1S/C12H12ClN3O2S3/c1-15(5-4-9-3-2-7-19-9)21(17,18)11-10(13)14-12-16(11)6-8-20-12/h2-3,6-8H,4-5H2,1H3. The summed E-state index contributed by atoms with van der Waals surface area (Å²) in [5, 5.41) is 3.81. The number of aromatic nitrogens is 2. The van der Waals surface area contributed by atoms with Crippen molar-refractivity contribution in [2.75, 3.05) is 13.6 Å². The zero-order valence-electron chi connectivity index (χ0n) is 11.1. The van der Waals surface area contributed by atoms with Gasteiger partial charge in [0, 0.05) is 30.0 Å². The molecule has 21 heavy (non-hydrogen) atoms. The van der Waals surface area contributed by atoms with Crippen LogP contribution in [0.1, 0.15) is 4.88 Å². The summed E-state index contributed by atoms with van der Waals surface area (Å²) in [6.07, 6.45) is 2.34. The highest BCUT2D eigenvalue weighted by atomic mass is 35.5. The predicted molar refractivity (Wildman–Crippen MR) is 85.9 cm³/mol. The van der Waals surface area contributed by atoms with Crippen LogP contribution in [0.2, 0.25) is 5.15 Å². The van der Waals surface area contributed by atoms with Gasteiger partial charge in [-0.05, 0) is 17.9 Å². The molecule has 0 saturated heterocycles. The summed E-state index contributed by atoms with van der Waals surface area (Å²) < 4.78 is 28.2. The Labute approximate surface area is 135 Å². The fraction of sp³-hybridized carbons (Fsp3) is 0.250. The van der Waals surface area contributed by atoms with Crippen LogP contribution in [0.25, 0.3) is 4.96 Å². The molecule has 0 radical (unpaired) electrons. The maximum Gasteiger partial charge on any atom is 0.262 e. The molecule has 0 atom stereocenters. The van der Waals surface area contributed by atoms with Gasteiger partial charge >= 0.3 is 0 Å². The van der Waals surface area contributed by atoms with Crippen molar-refractivity contribution in [3.63, 3.8) is 0 Å². The number of halogens is 1. The third-order valence-electron chi connectivity index (χ3n) is 3.09. The van der Waals surface area contributed by atoms with Gasteiger partial charge in [0.15, 0.2) is 15.1 Å². The second kappa shape index (κ2) is 5.69. The molecular formula is C12H12ClN3O2S3. The van der Waals surface area contributed by atoms with Crippen LogP contribution in [0.3, 0.4) is 0 Å². The van der Waals surface area contributed by atoms with Gasteiger partial charge in [-0.15, -0.1) is 22.7 Å². The first kappa shape index (κ1) is 15.0. The monoisotopic (exact) mass is 361 g/mol. The van der Waals surface area contributed by atoms with Gasteiger partial charge in [0.2, 0.25) is 0 Å². The van der Waals surface area contributed by atoms with E-state index in [0.717, 1.165) is 4.88 Å². The molecule has 0 aromatic carbocycles. The maximum atomic E-state index is 12.7. The van der Waals surface area contributed by atoms with Gasteiger partial charge in [-0.2, -0.15) is 4.31 Å². The lowest BCUT2D eigenvalue weighted by Gasteiger charge is -2.16. The van der Waals surface area contributed by atoms with E-state index in [1.54, 1.807) is 30.0 Å². The summed E-state index contributed by atoms with van der Waals surface area (Å²) in [6.45, 7) is 0.399. The molecule has 0 spiro atoms. The van der Waals surface area contributed by atoms with Crippen molar-refractivity contribution in [2.45, 2.75) is 11.4 Å². The lowest BCUT2D eigenvalue weighted by molar-refractivity contribution is 0.470. The lowest BCUT2D eigenvalue weighted by Crippen LogP contribution is -2.30. The van der Waals surface area contributed by atoms with Crippen LogP contribution >= 0.6 is 34.3 Å². The molecule has 3 rings (SSSR count). The highest BCUT2D eigenvalue weighted by molar-refractivity contribution is 7.89. The molecule has 112 valence electrons. The second-order valence-corrected chi connectivity index (χ2v) is 8.64. The molecule has 0 aliphatic carbocycles. The molecule has 3 aromatic rings. The Hall–Kier alpha value is -0.930. The number of hydrogen-bond donors (Lipinski definition) is 0. The van der Waals surface area contributed by atoms with Crippen LogP contribution in [0.5, 0.6) is 0 Å². The molecule has 9 heteroatoms. The Morgan fingerprint density at radius 2 is 2.19 bits per heavy atom. The topological polar surface area (TPSA) is 54.7 Å². The van der Waals surface area contributed by atoms with Gasteiger partial charge in [0.25, 0.3) is 10.0 Å². The Morgan fingerprint density at radius 3 is 2.90 bits per heavy atom. The number of fused-ring (bicyclic) bond motifs is 1. The molecule has 0 fully saturated rings. The summed E-state index contributed by atoms with van der Waals surface area (Å²) in [6, 6.07) is 3.95. The first-order valence-corrected chi connectivity index (χ1v) is 9.67. The van der Waals surface area contributed by atoms with Crippen molar-refractivity contribution < 1.29 is 8.42 Å². The largest absolute Gasteiger partial charge is 0.279 e. The van der Waals surface area contributed by atoms with Gasteiger partial charge in [0.1, 0.15) is 0 Å². The van der Waals surface area contributed by atoms with Crippen LogP contribution in [0.4, 0.5) is 0 Å². The normalized spacial score (nSPS) is 12.5. The van der Waals surface area contributed by atoms with Crippen molar-refractivity contribution in [1.82, 2.24) is 13.7 Å². The molecule has 3 aromatic heterocycles. The highest BCUT2D eigenvalue weighted by Gasteiger charge is 2.29. The van der Waals surface area contributed by atoms with E-state index in [1.165, 1.54) is 20.0 Å². The first-order chi connectivity index (χ1) is 10.00. The minimum absolute atomic E-state index is 0.0184. The van der Waals surface area contributed by atoms with Gasteiger partial charge in [-0.3, -0.25) is 4.40 Å². The summed E-state index contributed by atoms with van der Waals surface area (Å²) in [4.78, 5) is 5.80. The van der Waals surface area contributed by atoms with Crippen molar-refractivity contribution in [1.29, 1.82) is 0 Å². The van der Waals surface area contributed by atoms with E-state index in [4.69, 9.17) is 11.6 Å². The Kier molecular flexibility index (Phi) is 4.06. The second-order valence-electron chi connectivity index (χ2n) is 4.42. The zero-order valence-corrected chi connectivity index (χ0v) is 14.3. The highest BCUT2D eigenvalue weighted by Crippen LogP contribution is 2.27. The van der Waals surface area contributed by atoms with Crippen molar-refractivity contribution in [3.05, 3.63) is 39.1 Å². The van der Waals surface area contributed by atoms with Gasteiger partial charge in [-0.1, -0.05) is 17.7 Å². The summed E-state index contributed by atoms with van der Waals surface area (Å²) >= 11 is 8.97. The molecular weight excluding hydrogens is 350 g/mol. The average Bonchev–Trinajstić information content (AvgIpc) is 3.11. The van der Waals surface area contributed by atoms with E-state index >= 15 is 0 Å². The van der Waals surface area contributed by atoms with Crippen LogP contribution < -0.4 is 0 Å². The third kappa shape index (κ3) is 2.74. The van der Waals surface area contributed by atoms with E-state index < -0.39 is 10.0 Å². The quantitative estimate of drug-likeness (QED) is 0.702. The number of rotatable bonds is 5. The summed E-state index contributed by atoms with van der Waals surface area (Å²) in [5.74, 6) is 0. The van der Waals surface area contributed by atoms with E-state index in [9.17, 15) is 8.42 Å². The number of thiazole rings is 1. The molecule has 0 bridgehead atoms. The SMILES string of the molecule is CN(CCc1cccs1)S(=O)(=O)c1c(Cl)nc2sccn12. The first-order valence-electron chi connectivity index (χ1n) is 6.10. The molecule has 0 N–H and O–H groups in total. The number of likely N-dealkylation sites (N-methyl/N-ethyl adjacent to an activating group) is 1. The Bertz CT molecular complexity index is 852. The van der Waals surface area contributed by atoms with Crippen molar-refractivity contribution in [2.24, 2.45) is 0 Å². The lowest BCUT2D eigenvalue weighted by atomic mass is 10.3. The van der Waals surface area contributed by atoms with Crippen molar-refractivity contribution in [3.8, 4) is 0 Å². The molecule has 3 heterocycles. The average molecular weight is 362 g/mol. The minimum atomic E-state index is -3.66. The smallest absolute Gasteiger partial charge is 0.262 e. The minimum Gasteiger partial charge on any atom is -0.279 e. The number of nitrogens with zero attached hydrogens (tertiary/aromatic N) is 3. The van der Waals surface area contributed by atoms with E-state index in [2.05, 4.69) is 4.98 Å². The van der Waals surface area contributed by atoms with Crippen LogP contribution in [-0.2, 0) is 16.4 Å². The zero-order chi connectivity index (χ0) is 15.0. The molecule has 0 saturated carbocycles. The Morgan fingerprint density at radius 1 is 1.38 bits per heavy atom. The van der Waals surface area contributed by atoms with Gasteiger partial charge in [-0.25, -0.2) is 13.4 Å². The third-order valence-corrected chi connectivity index (χ3v) is 7.04. The number of imidazole rings is 1. The molecule has 5 nitrogen and oxygen atoms in total. The predicted octanol–water partition coefficient (Wildman–Crippen LogP) is 2.97. The van der Waals surface area contributed by atoms with Gasteiger partial charge < -0.3 is 0 Å².